The lowest BCUT2D eigenvalue weighted by Crippen LogP contribution is -2.44. The van der Waals surface area contributed by atoms with E-state index in [1.807, 2.05) is 0 Å². The SMILES string of the molecule is C[Si](C)(C)OCCC[Si](C)(C)O[Si](C)(C)CCCO[Si](C)(C)C. The van der Waals surface area contributed by atoms with Gasteiger partial charge in [0.05, 0.1) is 0 Å². The zero-order valence-corrected chi connectivity index (χ0v) is 21.5. The van der Waals surface area contributed by atoms with Gasteiger partial charge < -0.3 is 13.0 Å². The summed E-state index contributed by atoms with van der Waals surface area (Å²) in [5, 5.41) is 0. The van der Waals surface area contributed by atoms with Gasteiger partial charge in [0.15, 0.2) is 33.3 Å². The molecule has 0 aromatic rings. The number of rotatable bonds is 12. The molecule has 0 radical (unpaired) electrons. The standard InChI is InChI=1S/C16H42O3Si4/c1-20(2,3)17-13-11-15-22(7,8)19-23(9,10)16-12-14-18-21(4,5)6/h11-16H2,1-10H3. The quantitative estimate of drug-likeness (QED) is 0.305. The monoisotopic (exact) mass is 394 g/mol. The smallest absolute Gasteiger partial charge is 0.183 e. The zero-order chi connectivity index (χ0) is 18.4. The molecule has 140 valence electrons. The van der Waals surface area contributed by atoms with Crippen LogP contribution in [0.1, 0.15) is 12.8 Å². The maximum atomic E-state index is 6.68. The van der Waals surface area contributed by atoms with Crippen molar-refractivity contribution in [2.75, 3.05) is 13.2 Å². The van der Waals surface area contributed by atoms with Gasteiger partial charge in [0, 0.05) is 13.2 Å². The molecule has 0 heterocycles. The van der Waals surface area contributed by atoms with E-state index >= 15 is 0 Å². The first-order valence-electron chi connectivity index (χ1n) is 9.10. The second-order valence-corrected chi connectivity index (χ2v) is 27.6. The molecule has 0 rings (SSSR count). The van der Waals surface area contributed by atoms with E-state index < -0.39 is 33.3 Å². The van der Waals surface area contributed by atoms with Crippen molar-refractivity contribution < 1.29 is 13.0 Å². The van der Waals surface area contributed by atoms with Crippen LogP contribution in [0.4, 0.5) is 0 Å². The van der Waals surface area contributed by atoms with Gasteiger partial charge in [0.2, 0.25) is 0 Å². The molecule has 0 unspecified atom stereocenters. The fourth-order valence-electron chi connectivity index (χ4n) is 2.60. The van der Waals surface area contributed by atoms with Gasteiger partial charge in [-0.3, -0.25) is 0 Å². The lowest BCUT2D eigenvalue weighted by molar-refractivity contribution is 0.306. The van der Waals surface area contributed by atoms with E-state index in [4.69, 9.17) is 13.0 Å². The summed E-state index contributed by atoms with van der Waals surface area (Å²) >= 11 is 0. The van der Waals surface area contributed by atoms with Crippen LogP contribution < -0.4 is 0 Å². The Morgan fingerprint density at radius 1 is 0.522 bits per heavy atom. The Morgan fingerprint density at radius 3 is 1.09 bits per heavy atom. The van der Waals surface area contributed by atoms with Crippen molar-refractivity contribution in [3.8, 4) is 0 Å². The summed E-state index contributed by atoms with van der Waals surface area (Å²) in [6.45, 7) is 24.8. The second kappa shape index (κ2) is 9.45. The molecule has 3 nitrogen and oxygen atoms in total. The summed E-state index contributed by atoms with van der Waals surface area (Å²) in [6, 6.07) is 2.42. The predicted octanol–water partition coefficient (Wildman–Crippen LogP) is 5.90. The maximum Gasteiger partial charge on any atom is 0.183 e. The molecule has 0 aliphatic carbocycles. The normalized spacial score (nSPS) is 14.3. The second-order valence-electron chi connectivity index (χ2n) is 9.75. The average molecular weight is 395 g/mol. The molecule has 0 atom stereocenters. The van der Waals surface area contributed by atoms with E-state index in [0.717, 1.165) is 26.1 Å². The minimum absolute atomic E-state index is 0.904. The van der Waals surface area contributed by atoms with Crippen LogP contribution in [0.15, 0.2) is 0 Å². The molecule has 7 heteroatoms. The van der Waals surface area contributed by atoms with E-state index in [1.165, 1.54) is 12.1 Å². The lowest BCUT2D eigenvalue weighted by Gasteiger charge is -2.34. The van der Waals surface area contributed by atoms with Gasteiger partial charge in [-0.15, -0.1) is 0 Å². The highest BCUT2D eigenvalue weighted by molar-refractivity contribution is 6.84. The number of hydrogen-bond donors (Lipinski definition) is 0. The zero-order valence-electron chi connectivity index (χ0n) is 17.5. The molecule has 23 heavy (non-hydrogen) atoms. The van der Waals surface area contributed by atoms with E-state index in [9.17, 15) is 0 Å². The third kappa shape index (κ3) is 16.0. The first-order valence-corrected chi connectivity index (χ1v) is 22.1. The highest BCUT2D eigenvalue weighted by atomic mass is 28.4. The van der Waals surface area contributed by atoms with Crippen LogP contribution in [0, 0.1) is 0 Å². The molecule has 0 fully saturated rings. The number of hydrogen-bond acceptors (Lipinski definition) is 3. The van der Waals surface area contributed by atoms with E-state index in [0.29, 0.717) is 0 Å². The van der Waals surface area contributed by atoms with Crippen LogP contribution in [0.3, 0.4) is 0 Å². The van der Waals surface area contributed by atoms with E-state index in [2.05, 4.69) is 65.5 Å². The molecular weight excluding hydrogens is 353 g/mol. The van der Waals surface area contributed by atoms with Crippen molar-refractivity contribution >= 4 is 33.3 Å². The molecule has 0 spiro atoms. The van der Waals surface area contributed by atoms with E-state index in [-0.39, 0.29) is 0 Å². The van der Waals surface area contributed by atoms with Crippen molar-refractivity contribution in [2.45, 2.75) is 90.4 Å². The van der Waals surface area contributed by atoms with Crippen LogP contribution in [0.2, 0.25) is 77.6 Å². The van der Waals surface area contributed by atoms with Gasteiger partial charge in [-0.25, -0.2) is 0 Å². The fraction of sp³-hybridized carbons (Fsp3) is 1.00. The summed E-state index contributed by atoms with van der Waals surface area (Å²) in [5.74, 6) is 0. The van der Waals surface area contributed by atoms with Crippen molar-refractivity contribution in [3.05, 3.63) is 0 Å². The van der Waals surface area contributed by atoms with Crippen molar-refractivity contribution in [1.29, 1.82) is 0 Å². The van der Waals surface area contributed by atoms with Crippen LogP contribution in [-0.2, 0) is 13.0 Å². The molecular formula is C16H42O3Si4. The minimum Gasteiger partial charge on any atom is -0.455 e. The molecule has 0 bridgehead atoms. The Labute approximate surface area is 150 Å². The van der Waals surface area contributed by atoms with Gasteiger partial charge in [-0.05, 0) is 90.4 Å². The van der Waals surface area contributed by atoms with Crippen molar-refractivity contribution in [1.82, 2.24) is 0 Å². The largest absolute Gasteiger partial charge is 0.455 e. The third-order valence-electron chi connectivity index (χ3n) is 3.47. The molecule has 0 aromatic heterocycles. The molecule has 0 aliphatic heterocycles. The Kier molecular flexibility index (Phi) is 9.75. The summed E-state index contributed by atoms with van der Waals surface area (Å²) in [7, 11) is -5.86. The van der Waals surface area contributed by atoms with Crippen LogP contribution in [0.25, 0.3) is 0 Å². The van der Waals surface area contributed by atoms with Gasteiger partial charge >= 0.3 is 0 Å². The molecule has 0 N–H and O–H groups in total. The van der Waals surface area contributed by atoms with Crippen LogP contribution in [-0.4, -0.2) is 46.5 Å². The fourth-order valence-corrected chi connectivity index (χ4v) is 12.9. The van der Waals surface area contributed by atoms with E-state index in [1.54, 1.807) is 0 Å². The van der Waals surface area contributed by atoms with Crippen molar-refractivity contribution in [3.63, 3.8) is 0 Å². The van der Waals surface area contributed by atoms with Gasteiger partial charge in [0.25, 0.3) is 0 Å². The average Bonchev–Trinajstić information content (AvgIpc) is 2.27. The van der Waals surface area contributed by atoms with Gasteiger partial charge in [0.1, 0.15) is 0 Å². The molecule has 0 amide bonds. The van der Waals surface area contributed by atoms with Gasteiger partial charge in [-0.1, -0.05) is 0 Å². The Balaban J connectivity index is 4.09. The first-order chi connectivity index (χ1) is 10.1. The molecule has 0 aromatic carbocycles. The minimum atomic E-state index is -1.57. The van der Waals surface area contributed by atoms with Crippen LogP contribution >= 0.6 is 0 Å². The maximum absolute atomic E-state index is 6.68. The highest BCUT2D eigenvalue weighted by Crippen LogP contribution is 2.24. The molecule has 0 aliphatic rings. The Morgan fingerprint density at radius 2 is 0.826 bits per heavy atom. The highest BCUT2D eigenvalue weighted by Gasteiger charge is 2.32. The lowest BCUT2D eigenvalue weighted by atomic mass is 10.5. The topological polar surface area (TPSA) is 27.7 Å². The summed E-state index contributed by atoms with van der Waals surface area (Å²) in [4.78, 5) is 0. The Bertz CT molecular complexity index is 301. The Hall–Kier alpha value is 0.748. The van der Waals surface area contributed by atoms with Crippen LogP contribution in [0.5, 0.6) is 0 Å². The summed E-state index contributed by atoms with van der Waals surface area (Å²) in [6.07, 6.45) is 2.29. The van der Waals surface area contributed by atoms with Crippen molar-refractivity contribution in [2.24, 2.45) is 0 Å². The third-order valence-corrected chi connectivity index (χ3v) is 13.1. The molecule has 0 saturated heterocycles. The van der Waals surface area contributed by atoms with Gasteiger partial charge in [-0.2, -0.15) is 0 Å². The summed E-state index contributed by atoms with van der Waals surface area (Å²) in [5.41, 5.74) is 0. The predicted molar refractivity (Wildman–Crippen MR) is 113 cm³/mol. The summed E-state index contributed by atoms with van der Waals surface area (Å²) < 4.78 is 18.6. The molecule has 0 saturated carbocycles. The first kappa shape index (κ1) is 23.7.